The molecule has 1 atom stereocenters. The van der Waals surface area contributed by atoms with Gasteiger partial charge in [0.15, 0.2) is 0 Å². The standard InChI is InChI=1S/C14H21BO3/c1-5-9-14(4)13(2,3)17-15(18-14)11-7-6-8-12(16)10-11/h6-8,10,16H,5,9H2,1-4H3. The minimum absolute atomic E-state index is 0.238. The van der Waals surface area contributed by atoms with Gasteiger partial charge in [0.1, 0.15) is 5.75 Å². The Kier molecular flexibility index (Phi) is 3.43. The topological polar surface area (TPSA) is 38.7 Å². The molecular formula is C14H21BO3. The van der Waals surface area contributed by atoms with Gasteiger partial charge in [0.05, 0.1) is 11.2 Å². The first kappa shape index (κ1) is 13.4. The minimum atomic E-state index is -0.399. The highest BCUT2D eigenvalue weighted by atomic mass is 16.7. The Bertz CT molecular complexity index is 433. The smallest absolute Gasteiger partial charge is 0.494 e. The molecule has 1 heterocycles. The van der Waals surface area contributed by atoms with Crippen molar-refractivity contribution in [2.24, 2.45) is 0 Å². The molecule has 1 aromatic carbocycles. The Hall–Kier alpha value is -0.995. The van der Waals surface area contributed by atoms with Gasteiger partial charge in [0.25, 0.3) is 0 Å². The Balaban J connectivity index is 2.25. The predicted octanol–water partition coefficient (Wildman–Crippen LogP) is 2.47. The van der Waals surface area contributed by atoms with Crippen molar-refractivity contribution in [3.05, 3.63) is 24.3 Å². The number of rotatable bonds is 3. The van der Waals surface area contributed by atoms with Crippen LogP contribution in [0.5, 0.6) is 5.75 Å². The maximum absolute atomic E-state index is 9.53. The molecule has 1 unspecified atom stereocenters. The van der Waals surface area contributed by atoms with Crippen LogP contribution in [0, 0.1) is 0 Å². The Morgan fingerprint density at radius 3 is 2.56 bits per heavy atom. The van der Waals surface area contributed by atoms with Crippen molar-refractivity contribution in [3.8, 4) is 5.75 Å². The number of benzene rings is 1. The lowest BCUT2D eigenvalue weighted by molar-refractivity contribution is -0.0159. The number of hydrogen-bond acceptors (Lipinski definition) is 3. The fraction of sp³-hybridized carbons (Fsp3) is 0.571. The second-order valence-electron chi connectivity index (χ2n) is 5.65. The number of phenolic OH excluding ortho intramolecular Hbond substituents is 1. The van der Waals surface area contributed by atoms with Gasteiger partial charge < -0.3 is 14.4 Å². The zero-order valence-electron chi connectivity index (χ0n) is 11.6. The fourth-order valence-electron chi connectivity index (χ4n) is 2.44. The average molecular weight is 248 g/mol. The van der Waals surface area contributed by atoms with Crippen LogP contribution in [0.4, 0.5) is 0 Å². The van der Waals surface area contributed by atoms with Crippen LogP contribution in [0.25, 0.3) is 0 Å². The van der Waals surface area contributed by atoms with Crippen molar-refractivity contribution in [1.29, 1.82) is 0 Å². The largest absolute Gasteiger partial charge is 0.508 e. The number of aromatic hydroxyl groups is 1. The van der Waals surface area contributed by atoms with Crippen molar-refractivity contribution < 1.29 is 14.4 Å². The van der Waals surface area contributed by atoms with E-state index >= 15 is 0 Å². The summed E-state index contributed by atoms with van der Waals surface area (Å²) in [5.41, 5.74) is 0.236. The van der Waals surface area contributed by atoms with Crippen LogP contribution < -0.4 is 5.46 Å². The second kappa shape index (κ2) is 4.59. The molecule has 3 nitrogen and oxygen atoms in total. The molecule has 0 saturated carbocycles. The van der Waals surface area contributed by atoms with Crippen molar-refractivity contribution in [3.63, 3.8) is 0 Å². The van der Waals surface area contributed by atoms with E-state index in [2.05, 4.69) is 27.7 Å². The summed E-state index contributed by atoms with van der Waals surface area (Å²) in [7, 11) is -0.399. The third kappa shape index (κ3) is 2.27. The van der Waals surface area contributed by atoms with Crippen molar-refractivity contribution in [2.75, 3.05) is 0 Å². The van der Waals surface area contributed by atoms with Crippen LogP contribution in [0.3, 0.4) is 0 Å². The highest BCUT2D eigenvalue weighted by molar-refractivity contribution is 6.62. The third-order valence-electron chi connectivity index (χ3n) is 3.91. The van der Waals surface area contributed by atoms with Gasteiger partial charge in [-0.1, -0.05) is 25.5 Å². The van der Waals surface area contributed by atoms with E-state index in [0.717, 1.165) is 18.3 Å². The van der Waals surface area contributed by atoms with E-state index < -0.39 is 7.12 Å². The predicted molar refractivity (Wildman–Crippen MR) is 73.1 cm³/mol. The molecule has 1 aromatic rings. The first-order valence-corrected chi connectivity index (χ1v) is 6.52. The van der Waals surface area contributed by atoms with Crippen LogP contribution in [0.1, 0.15) is 40.5 Å². The van der Waals surface area contributed by atoms with Gasteiger partial charge >= 0.3 is 7.12 Å². The molecule has 0 amide bonds. The van der Waals surface area contributed by atoms with Crippen molar-refractivity contribution >= 4 is 12.6 Å². The van der Waals surface area contributed by atoms with E-state index in [4.69, 9.17) is 9.31 Å². The summed E-state index contributed by atoms with van der Waals surface area (Å²) in [5.74, 6) is 0.238. The van der Waals surface area contributed by atoms with Gasteiger partial charge in [-0.05, 0) is 44.8 Å². The highest BCUT2D eigenvalue weighted by Crippen LogP contribution is 2.40. The molecule has 98 valence electrons. The maximum Gasteiger partial charge on any atom is 0.494 e. The molecule has 0 bridgehead atoms. The summed E-state index contributed by atoms with van der Waals surface area (Å²) in [6.45, 7) is 8.36. The van der Waals surface area contributed by atoms with Crippen LogP contribution in [-0.2, 0) is 9.31 Å². The molecule has 1 aliphatic rings. The fourth-order valence-corrected chi connectivity index (χ4v) is 2.44. The molecule has 18 heavy (non-hydrogen) atoms. The summed E-state index contributed by atoms with van der Waals surface area (Å²) in [6, 6.07) is 7.06. The molecule has 1 aliphatic heterocycles. The van der Waals surface area contributed by atoms with Crippen molar-refractivity contribution in [2.45, 2.75) is 51.7 Å². The van der Waals surface area contributed by atoms with E-state index in [9.17, 15) is 5.11 Å². The van der Waals surface area contributed by atoms with E-state index in [0.29, 0.717) is 0 Å². The van der Waals surface area contributed by atoms with E-state index in [1.54, 1.807) is 18.2 Å². The second-order valence-corrected chi connectivity index (χ2v) is 5.65. The Morgan fingerprint density at radius 2 is 1.94 bits per heavy atom. The molecule has 0 aromatic heterocycles. The monoisotopic (exact) mass is 248 g/mol. The number of hydrogen-bond donors (Lipinski definition) is 1. The van der Waals surface area contributed by atoms with Gasteiger partial charge in [-0.3, -0.25) is 0 Å². The lowest BCUT2D eigenvalue weighted by Gasteiger charge is -2.36. The Labute approximate surface area is 109 Å². The van der Waals surface area contributed by atoms with Gasteiger partial charge in [0, 0.05) is 0 Å². The van der Waals surface area contributed by atoms with Crippen LogP contribution >= 0.6 is 0 Å². The molecule has 2 rings (SSSR count). The molecule has 0 aliphatic carbocycles. The minimum Gasteiger partial charge on any atom is -0.508 e. The van der Waals surface area contributed by atoms with E-state index in [-0.39, 0.29) is 17.0 Å². The molecule has 4 heteroatoms. The molecular weight excluding hydrogens is 227 g/mol. The summed E-state index contributed by atoms with van der Waals surface area (Å²) in [5, 5.41) is 9.53. The van der Waals surface area contributed by atoms with Gasteiger partial charge in [0.2, 0.25) is 0 Å². The summed E-state index contributed by atoms with van der Waals surface area (Å²) >= 11 is 0. The maximum atomic E-state index is 9.53. The molecule has 0 radical (unpaired) electrons. The number of phenols is 1. The first-order valence-electron chi connectivity index (χ1n) is 6.52. The lowest BCUT2D eigenvalue weighted by Crippen LogP contribution is -2.44. The summed E-state index contributed by atoms with van der Waals surface area (Å²) in [6.07, 6.45) is 2.01. The normalized spacial score (nSPS) is 26.6. The Morgan fingerprint density at radius 1 is 1.22 bits per heavy atom. The summed E-state index contributed by atoms with van der Waals surface area (Å²) < 4.78 is 12.1. The highest BCUT2D eigenvalue weighted by Gasteiger charge is 2.53. The first-order chi connectivity index (χ1) is 8.38. The summed E-state index contributed by atoms with van der Waals surface area (Å²) in [4.78, 5) is 0. The van der Waals surface area contributed by atoms with Gasteiger partial charge in [-0.15, -0.1) is 0 Å². The molecule has 0 spiro atoms. The van der Waals surface area contributed by atoms with Gasteiger partial charge in [-0.2, -0.15) is 0 Å². The third-order valence-corrected chi connectivity index (χ3v) is 3.91. The zero-order chi connectivity index (χ0) is 13.4. The zero-order valence-corrected chi connectivity index (χ0v) is 11.6. The molecule has 1 fully saturated rings. The lowest BCUT2D eigenvalue weighted by atomic mass is 9.79. The van der Waals surface area contributed by atoms with Crippen LogP contribution in [0.2, 0.25) is 0 Å². The van der Waals surface area contributed by atoms with Crippen molar-refractivity contribution in [1.82, 2.24) is 0 Å². The van der Waals surface area contributed by atoms with E-state index in [1.165, 1.54) is 0 Å². The molecule has 1 N–H and O–H groups in total. The SMILES string of the molecule is CCCC1(C)OB(c2cccc(O)c2)OC1(C)C. The molecule has 1 saturated heterocycles. The van der Waals surface area contributed by atoms with Crippen LogP contribution in [0.15, 0.2) is 24.3 Å². The van der Waals surface area contributed by atoms with Crippen LogP contribution in [-0.4, -0.2) is 23.4 Å². The average Bonchev–Trinajstić information content (AvgIpc) is 2.50. The quantitative estimate of drug-likeness (QED) is 0.835. The van der Waals surface area contributed by atoms with E-state index in [1.807, 2.05) is 6.07 Å². The van der Waals surface area contributed by atoms with Gasteiger partial charge in [-0.25, -0.2) is 0 Å².